The zero-order valence-electron chi connectivity index (χ0n) is 19.1. The van der Waals surface area contributed by atoms with Gasteiger partial charge in [-0.15, -0.1) is 0 Å². The number of benzene rings is 2. The van der Waals surface area contributed by atoms with E-state index in [-0.39, 0.29) is 16.1 Å². The molecule has 0 saturated carbocycles. The first-order valence-corrected chi connectivity index (χ1v) is 11.6. The van der Waals surface area contributed by atoms with E-state index >= 15 is 0 Å². The van der Waals surface area contributed by atoms with Crippen LogP contribution in [0.5, 0.6) is 11.5 Å². The van der Waals surface area contributed by atoms with E-state index in [1.807, 2.05) is 19.9 Å². The predicted octanol–water partition coefficient (Wildman–Crippen LogP) is 5.94. The van der Waals surface area contributed by atoms with Gasteiger partial charge in [-0.2, -0.15) is 13.2 Å². The molecule has 0 bridgehead atoms. The number of rotatable bonds is 5. The van der Waals surface area contributed by atoms with E-state index in [1.54, 1.807) is 18.2 Å². The van der Waals surface area contributed by atoms with Crippen LogP contribution in [0.1, 0.15) is 25.0 Å². The standard InChI is InChI=1S/C25H19F3N2O5S/c1-24(2)11-34-21-16(9-14(10-17(21)24)18-5-6-29-35-18)15-7-13(8-20-22(31)30-23(32)36-20)3-4-19(15)33-12-25(26,27)28/h3-10H,11-12H2,1-2H3,(H,30,31,32)/b20-8-. The highest BCUT2D eigenvalue weighted by atomic mass is 32.2. The summed E-state index contributed by atoms with van der Waals surface area (Å²) in [5.74, 6) is 0.449. The van der Waals surface area contributed by atoms with Crippen LogP contribution in [0.15, 0.2) is 52.0 Å². The van der Waals surface area contributed by atoms with Crippen LogP contribution in [0.25, 0.3) is 28.5 Å². The summed E-state index contributed by atoms with van der Waals surface area (Å²) in [6.45, 7) is 2.89. The molecule has 36 heavy (non-hydrogen) atoms. The number of fused-ring (bicyclic) bond motifs is 1. The molecule has 0 atom stereocenters. The summed E-state index contributed by atoms with van der Waals surface area (Å²) >= 11 is 0.746. The number of nitrogens with one attached hydrogen (secondary N) is 1. The van der Waals surface area contributed by atoms with Crippen LogP contribution in [0.2, 0.25) is 0 Å². The van der Waals surface area contributed by atoms with Gasteiger partial charge in [-0.1, -0.05) is 25.1 Å². The van der Waals surface area contributed by atoms with Crippen LogP contribution < -0.4 is 14.8 Å². The minimum atomic E-state index is -4.54. The number of hydrogen-bond acceptors (Lipinski definition) is 7. The summed E-state index contributed by atoms with van der Waals surface area (Å²) in [6.07, 6.45) is -1.55. The lowest BCUT2D eigenvalue weighted by molar-refractivity contribution is -0.153. The Balaban J connectivity index is 1.69. The number of nitrogens with zero attached hydrogens (tertiary/aromatic N) is 1. The van der Waals surface area contributed by atoms with Crippen LogP contribution in [0.4, 0.5) is 18.0 Å². The highest BCUT2D eigenvalue weighted by Gasteiger charge is 2.36. The van der Waals surface area contributed by atoms with Gasteiger partial charge in [0.25, 0.3) is 11.1 Å². The Hall–Kier alpha value is -3.73. The fourth-order valence-electron chi connectivity index (χ4n) is 4.03. The van der Waals surface area contributed by atoms with Gasteiger partial charge in [0.15, 0.2) is 12.4 Å². The second-order valence-electron chi connectivity index (χ2n) is 8.96. The number of carbonyl (C=O) groups excluding carboxylic acids is 2. The van der Waals surface area contributed by atoms with E-state index in [0.29, 0.717) is 40.4 Å². The third-order valence-electron chi connectivity index (χ3n) is 5.74. The van der Waals surface area contributed by atoms with Crippen LogP contribution in [0.3, 0.4) is 0 Å². The second kappa shape index (κ2) is 8.74. The molecule has 0 radical (unpaired) electrons. The van der Waals surface area contributed by atoms with Crippen molar-refractivity contribution in [1.82, 2.24) is 10.5 Å². The molecule has 1 aromatic heterocycles. The van der Waals surface area contributed by atoms with Crippen molar-refractivity contribution >= 4 is 29.0 Å². The van der Waals surface area contributed by atoms with Crippen LogP contribution in [-0.2, 0) is 10.2 Å². The Bertz CT molecular complexity index is 1400. The summed E-state index contributed by atoms with van der Waals surface area (Å²) in [4.78, 5) is 23.7. The van der Waals surface area contributed by atoms with Gasteiger partial charge < -0.3 is 14.0 Å². The van der Waals surface area contributed by atoms with E-state index in [9.17, 15) is 22.8 Å². The molecule has 2 aliphatic heterocycles. The molecule has 2 aromatic carbocycles. The number of halogens is 3. The monoisotopic (exact) mass is 516 g/mol. The molecule has 1 fully saturated rings. The van der Waals surface area contributed by atoms with Crippen molar-refractivity contribution in [1.29, 1.82) is 0 Å². The van der Waals surface area contributed by atoms with Gasteiger partial charge in [0, 0.05) is 33.7 Å². The molecular weight excluding hydrogens is 497 g/mol. The second-order valence-corrected chi connectivity index (χ2v) is 9.98. The van der Waals surface area contributed by atoms with E-state index in [0.717, 1.165) is 17.3 Å². The van der Waals surface area contributed by atoms with Crippen LogP contribution >= 0.6 is 11.8 Å². The molecule has 1 N–H and O–H groups in total. The predicted molar refractivity (Wildman–Crippen MR) is 127 cm³/mol. The average Bonchev–Trinajstić information content (AvgIpc) is 3.52. The number of amides is 2. The largest absolute Gasteiger partial charge is 0.492 e. The first-order valence-electron chi connectivity index (χ1n) is 10.8. The first-order chi connectivity index (χ1) is 17.0. The molecule has 0 spiro atoms. The van der Waals surface area contributed by atoms with Gasteiger partial charge in [-0.3, -0.25) is 14.9 Å². The molecule has 11 heteroatoms. The topological polar surface area (TPSA) is 90.7 Å². The van der Waals surface area contributed by atoms with Crippen molar-refractivity contribution in [3.05, 3.63) is 58.6 Å². The molecule has 186 valence electrons. The molecular formula is C25H19F3N2O5S. The maximum atomic E-state index is 13.0. The molecule has 2 aliphatic rings. The van der Waals surface area contributed by atoms with E-state index in [4.69, 9.17) is 14.0 Å². The number of imide groups is 1. The number of thioether (sulfide) groups is 1. The summed E-state index contributed by atoms with van der Waals surface area (Å²) in [5.41, 5.74) is 2.48. The van der Waals surface area contributed by atoms with Gasteiger partial charge in [-0.25, -0.2) is 0 Å². The quantitative estimate of drug-likeness (QED) is 0.420. The fourth-order valence-corrected chi connectivity index (χ4v) is 4.71. The van der Waals surface area contributed by atoms with E-state index < -0.39 is 23.9 Å². The molecule has 0 aliphatic carbocycles. The molecule has 0 unspecified atom stereocenters. The van der Waals surface area contributed by atoms with Crippen molar-refractivity contribution in [2.75, 3.05) is 13.2 Å². The lowest BCUT2D eigenvalue weighted by atomic mass is 9.83. The summed E-state index contributed by atoms with van der Waals surface area (Å²) < 4.78 is 55.6. The average molecular weight is 516 g/mol. The number of carbonyl (C=O) groups is 2. The molecule has 3 aromatic rings. The summed E-state index contributed by atoms with van der Waals surface area (Å²) in [5, 5.41) is 5.44. The van der Waals surface area contributed by atoms with Gasteiger partial charge in [-0.05, 0) is 47.7 Å². The Morgan fingerprint density at radius 1 is 1.17 bits per heavy atom. The molecule has 2 amide bonds. The number of alkyl halides is 3. The molecule has 3 heterocycles. The Morgan fingerprint density at radius 2 is 1.97 bits per heavy atom. The van der Waals surface area contributed by atoms with Gasteiger partial charge in [0.2, 0.25) is 0 Å². The molecule has 7 nitrogen and oxygen atoms in total. The first kappa shape index (κ1) is 24.0. The number of ether oxygens (including phenoxy) is 2. The van der Waals surface area contributed by atoms with Crippen molar-refractivity contribution in [3.8, 4) is 33.9 Å². The van der Waals surface area contributed by atoms with Gasteiger partial charge >= 0.3 is 6.18 Å². The highest BCUT2D eigenvalue weighted by molar-refractivity contribution is 8.18. The summed E-state index contributed by atoms with van der Waals surface area (Å²) in [7, 11) is 0. The Morgan fingerprint density at radius 3 is 2.64 bits per heavy atom. The third kappa shape index (κ3) is 4.70. The fraction of sp³-hybridized carbons (Fsp3) is 0.240. The highest BCUT2D eigenvalue weighted by Crippen LogP contribution is 2.49. The van der Waals surface area contributed by atoms with Gasteiger partial charge in [0.05, 0.1) is 17.7 Å². The zero-order valence-corrected chi connectivity index (χ0v) is 19.9. The minimum Gasteiger partial charge on any atom is -0.492 e. The SMILES string of the molecule is CC1(C)COc2c(-c3cc(/C=C4\SC(=O)NC4=O)ccc3OCC(F)(F)F)cc(-c3ccno3)cc21. The zero-order chi connectivity index (χ0) is 25.7. The maximum Gasteiger partial charge on any atom is 0.422 e. The lowest BCUT2D eigenvalue weighted by Crippen LogP contribution is -2.19. The van der Waals surface area contributed by atoms with Crippen molar-refractivity contribution < 1.29 is 36.8 Å². The van der Waals surface area contributed by atoms with Crippen molar-refractivity contribution in [2.45, 2.75) is 25.4 Å². The van der Waals surface area contributed by atoms with Crippen molar-refractivity contribution in [2.24, 2.45) is 0 Å². The maximum absolute atomic E-state index is 13.0. The smallest absolute Gasteiger partial charge is 0.422 e. The summed E-state index contributed by atoms with van der Waals surface area (Å²) in [6, 6.07) is 9.87. The lowest BCUT2D eigenvalue weighted by Gasteiger charge is -2.19. The van der Waals surface area contributed by atoms with Crippen molar-refractivity contribution in [3.63, 3.8) is 0 Å². The number of hydrogen-bond donors (Lipinski definition) is 1. The molecule has 5 rings (SSSR count). The van der Waals surface area contributed by atoms with Crippen LogP contribution in [0, 0.1) is 0 Å². The van der Waals surface area contributed by atoms with Gasteiger partial charge in [0.1, 0.15) is 11.5 Å². The number of aromatic nitrogens is 1. The Kier molecular flexibility index (Phi) is 5.82. The molecule has 1 saturated heterocycles. The normalized spacial score (nSPS) is 17.8. The van der Waals surface area contributed by atoms with E-state index in [2.05, 4.69) is 10.5 Å². The Labute approximate surface area is 207 Å². The van der Waals surface area contributed by atoms with Crippen LogP contribution in [-0.4, -0.2) is 35.7 Å². The van der Waals surface area contributed by atoms with E-state index in [1.165, 1.54) is 24.4 Å². The minimum absolute atomic E-state index is 0.0145. The third-order valence-corrected chi connectivity index (χ3v) is 6.55.